The molecule has 3 heterocycles. The first kappa shape index (κ1) is 19.2. The second kappa shape index (κ2) is 7.74. The van der Waals surface area contributed by atoms with E-state index in [1.165, 1.54) is 31.2 Å². The zero-order valence-corrected chi connectivity index (χ0v) is 16.9. The molecule has 1 N–H and O–H groups in total. The number of carbonyl (C=O) groups is 1. The number of nitrogens with zero attached hydrogens (tertiary/aromatic N) is 1. The minimum Gasteiger partial charge on any atom is -0.467 e. The lowest BCUT2D eigenvalue weighted by molar-refractivity contribution is -0.145. The smallest absolute Gasteiger partial charge is 0.335 e. The predicted molar refractivity (Wildman–Crippen MR) is 107 cm³/mol. The fourth-order valence-electron chi connectivity index (χ4n) is 4.64. The van der Waals surface area contributed by atoms with Crippen LogP contribution in [0, 0.1) is 0 Å². The first-order chi connectivity index (χ1) is 13.5. The summed E-state index contributed by atoms with van der Waals surface area (Å²) in [7, 11) is 1.38. The Kier molecular flexibility index (Phi) is 5.32. The van der Waals surface area contributed by atoms with E-state index in [4.69, 9.17) is 9.47 Å². The van der Waals surface area contributed by atoms with Crippen LogP contribution >= 0.6 is 0 Å². The van der Waals surface area contributed by atoms with Crippen molar-refractivity contribution in [3.8, 4) is 0 Å². The number of ether oxygens (including phenoxy) is 2. The van der Waals surface area contributed by atoms with Gasteiger partial charge in [-0.2, -0.15) is 0 Å². The molecule has 1 aromatic rings. The molecule has 2 aliphatic heterocycles. The minimum absolute atomic E-state index is 0.0143. The molecule has 0 saturated carbocycles. The number of hydrogen-bond acceptors (Lipinski definition) is 5. The van der Waals surface area contributed by atoms with Gasteiger partial charge in [-0.25, -0.2) is 4.79 Å². The molecule has 152 valence electrons. The Balaban J connectivity index is 1.75. The van der Waals surface area contributed by atoms with Crippen LogP contribution in [0.1, 0.15) is 62.3 Å². The first-order valence-corrected chi connectivity index (χ1v) is 10.5. The summed E-state index contributed by atoms with van der Waals surface area (Å²) < 4.78 is 12.6. The second-order valence-corrected chi connectivity index (χ2v) is 8.37. The van der Waals surface area contributed by atoms with Crippen molar-refractivity contribution in [2.45, 2.75) is 76.5 Å². The van der Waals surface area contributed by atoms with Crippen LogP contribution in [0.15, 0.2) is 16.9 Å². The number of aryl methyl sites for hydroxylation is 1. The maximum atomic E-state index is 13.4. The summed E-state index contributed by atoms with van der Waals surface area (Å²) in [5.41, 5.74) is 2.98. The van der Waals surface area contributed by atoms with Gasteiger partial charge in [0.15, 0.2) is 5.54 Å². The van der Waals surface area contributed by atoms with Gasteiger partial charge in [-0.05, 0) is 63.2 Å². The van der Waals surface area contributed by atoms with Crippen molar-refractivity contribution < 1.29 is 14.3 Å². The maximum Gasteiger partial charge on any atom is 0.335 e. The van der Waals surface area contributed by atoms with Crippen LogP contribution in [0.5, 0.6) is 0 Å². The summed E-state index contributed by atoms with van der Waals surface area (Å²) in [4.78, 5) is 25.4. The number of pyridine rings is 1. The highest BCUT2D eigenvalue weighted by molar-refractivity contribution is 5.92. The molecule has 3 aliphatic rings. The van der Waals surface area contributed by atoms with E-state index in [1.54, 1.807) is 13.0 Å². The van der Waals surface area contributed by atoms with E-state index in [9.17, 15) is 9.59 Å². The molecule has 6 nitrogen and oxygen atoms in total. The van der Waals surface area contributed by atoms with Crippen molar-refractivity contribution in [2.24, 2.45) is 0 Å². The number of fused-ring (bicyclic) bond motifs is 1. The van der Waals surface area contributed by atoms with Crippen LogP contribution in [0.25, 0.3) is 5.70 Å². The van der Waals surface area contributed by atoms with E-state index >= 15 is 0 Å². The highest BCUT2D eigenvalue weighted by atomic mass is 16.5. The van der Waals surface area contributed by atoms with Gasteiger partial charge >= 0.3 is 5.97 Å². The zero-order chi connectivity index (χ0) is 19.7. The largest absolute Gasteiger partial charge is 0.467 e. The summed E-state index contributed by atoms with van der Waals surface area (Å²) in [6.45, 7) is 3.17. The number of methoxy groups -OCH3 is 1. The second-order valence-electron chi connectivity index (χ2n) is 8.37. The summed E-state index contributed by atoms with van der Waals surface area (Å²) in [5, 5.41) is 3.16. The maximum absolute atomic E-state index is 13.4. The molecule has 2 unspecified atom stereocenters. The third kappa shape index (κ3) is 3.50. The van der Waals surface area contributed by atoms with Gasteiger partial charge in [0.25, 0.3) is 5.56 Å². The fraction of sp³-hybridized carbons (Fsp3) is 0.636. The molecular weight excluding hydrogens is 356 g/mol. The SMILES string of the molecule is COC(=O)C1(C)C=C(c2cc3c(n(CC4CCCO4)c2=O)CCCCCC3)N1. The number of carbonyl (C=O) groups excluding carboxylic acids is 1. The highest BCUT2D eigenvalue weighted by Crippen LogP contribution is 2.30. The van der Waals surface area contributed by atoms with Crippen LogP contribution in [-0.4, -0.2) is 35.9 Å². The molecule has 28 heavy (non-hydrogen) atoms. The molecule has 1 aromatic heterocycles. The summed E-state index contributed by atoms with van der Waals surface area (Å²) in [6, 6.07) is 2.05. The van der Waals surface area contributed by atoms with Crippen molar-refractivity contribution in [1.82, 2.24) is 9.88 Å². The Bertz CT molecular complexity index is 851. The quantitative estimate of drug-likeness (QED) is 0.806. The lowest BCUT2D eigenvalue weighted by atomic mass is 9.88. The summed E-state index contributed by atoms with van der Waals surface area (Å²) in [5.74, 6) is -0.345. The van der Waals surface area contributed by atoms with Gasteiger partial charge in [-0.3, -0.25) is 4.79 Å². The van der Waals surface area contributed by atoms with Gasteiger partial charge in [0.05, 0.1) is 25.3 Å². The van der Waals surface area contributed by atoms with E-state index in [-0.39, 0.29) is 17.6 Å². The molecule has 4 rings (SSSR count). The van der Waals surface area contributed by atoms with Crippen molar-refractivity contribution in [3.05, 3.63) is 39.3 Å². The molecule has 2 atom stereocenters. The Morgan fingerprint density at radius 3 is 2.71 bits per heavy atom. The van der Waals surface area contributed by atoms with Gasteiger partial charge < -0.3 is 19.4 Å². The molecule has 0 amide bonds. The van der Waals surface area contributed by atoms with Gasteiger partial charge in [0, 0.05) is 18.0 Å². The fourth-order valence-corrected chi connectivity index (χ4v) is 4.64. The standard InChI is InChI=1S/C22H30N2O4/c1-22(21(26)27-2)13-18(23-22)17-12-15-8-5-3-4-6-10-19(15)24(20(17)25)14-16-9-7-11-28-16/h12-13,16,23H,3-11,14H2,1-2H3. The molecule has 0 spiro atoms. The Hall–Kier alpha value is -2.08. The van der Waals surface area contributed by atoms with Gasteiger partial charge in [0.2, 0.25) is 0 Å². The normalized spacial score (nSPS) is 26.9. The van der Waals surface area contributed by atoms with Crippen LogP contribution in [-0.2, 0) is 33.7 Å². The van der Waals surface area contributed by atoms with Crippen molar-refractivity contribution in [1.29, 1.82) is 0 Å². The van der Waals surface area contributed by atoms with E-state index in [2.05, 4.69) is 5.32 Å². The monoisotopic (exact) mass is 386 g/mol. The molecule has 6 heteroatoms. The van der Waals surface area contributed by atoms with Crippen LogP contribution < -0.4 is 10.9 Å². The Labute approximate surface area is 165 Å². The number of rotatable bonds is 4. The Morgan fingerprint density at radius 1 is 1.29 bits per heavy atom. The first-order valence-electron chi connectivity index (χ1n) is 10.5. The lowest BCUT2D eigenvalue weighted by Crippen LogP contribution is -2.55. The topological polar surface area (TPSA) is 69.6 Å². The molecule has 0 bridgehead atoms. The van der Waals surface area contributed by atoms with Gasteiger partial charge in [0.1, 0.15) is 0 Å². The molecule has 1 saturated heterocycles. The van der Waals surface area contributed by atoms with E-state index in [0.717, 1.165) is 50.8 Å². The van der Waals surface area contributed by atoms with Crippen LogP contribution in [0.4, 0.5) is 0 Å². The highest BCUT2D eigenvalue weighted by Gasteiger charge is 2.41. The van der Waals surface area contributed by atoms with Gasteiger partial charge in [-0.1, -0.05) is 12.8 Å². The summed E-state index contributed by atoms with van der Waals surface area (Å²) in [6.07, 6.45) is 10.7. The molecule has 0 radical (unpaired) electrons. The van der Waals surface area contributed by atoms with Crippen molar-refractivity contribution in [3.63, 3.8) is 0 Å². The van der Waals surface area contributed by atoms with E-state index < -0.39 is 5.54 Å². The van der Waals surface area contributed by atoms with Crippen molar-refractivity contribution in [2.75, 3.05) is 13.7 Å². The average molecular weight is 386 g/mol. The third-order valence-electron chi connectivity index (χ3n) is 6.24. The molecule has 1 aliphatic carbocycles. The molecule has 0 aromatic carbocycles. The zero-order valence-electron chi connectivity index (χ0n) is 16.9. The van der Waals surface area contributed by atoms with Crippen LogP contribution in [0.3, 0.4) is 0 Å². The van der Waals surface area contributed by atoms with Crippen LogP contribution in [0.2, 0.25) is 0 Å². The number of nitrogens with one attached hydrogen (secondary N) is 1. The lowest BCUT2D eigenvalue weighted by Gasteiger charge is -2.36. The Morgan fingerprint density at radius 2 is 2.04 bits per heavy atom. The minimum atomic E-state index is -0.861. The van der Waals surface area contributed by atoms with E-state index in [0.29, 0.717) is 12.1 Å². The van der Waals surface area contributed by atoms with Crippen molar-refractivity contribution >= 4 is 11.7 Å². The number of esters is 1. The summed E-state index contributed by atoms with van der Waals surface area (Å²) >= 11 is 0. The molecule has 1 fully saturated rings. The van der Waals surface area contributed by atoms with E-state index in [1.807, 2.05) is 10.6 Å². The number of hydrogen-bond donors (Lipinski definition) is 1. The molecular formula is C22H30N2O4. The average Bonchev–Trinajstić information content (AvgIpc) is 3.15. The van der Waals surface area contributed by atoms with Gasteiger partial charge in [-0.15, -0.1) is 0 Å². The third-order valence-corrected chi connectivity index (χ3v) is 6.24. The number of aromatic nitrogens is 1. The predicted octanol–water partition coefficient (Wildman–Crippen LogP) is 2.56.